The molecule has 1 fully saturated rings. The first kappa shape index (κ1) is 46.3. The Hall–Kier alpha value is -6.20. The SMILES string of the molecule is C=CCO[C@@]12Oc3ccc(Oc4ccc(-c5ccccc5)cc4)cc3[C@H]3[C@H](CCCCO)[C@@H](CCCCO)C=C(C(=NOCc4ccccc4)C[C@@H]1N(C)C(=O)Cc1cccc(OC)c1)[C@H]32. The van der Waals surface area contributed by atoms with Crippen LogP contribution in [0.4, 0.5) is 0 Å². The zero-order valence-corrected chi connectivity index (χ0v) is 38.1. The van der Waals surface area contributed by atoms with Gasteiger partial charge < -0.3 is 38.9 Å². The van der Waals surface area contributed by atoms with E-state index in [1.807, 2.05) is 104 Å². The lowest BCUT2D eigenvalue weighted by atomic mass is 9.55. The molecule has 2 aliphatic carbocycles. The zero-order valence-electron chi connectivity index (χ0n) is 38.1. The number of ether oxygens (including phenoxy) is 4. The maximum atomic E-state index is 14.7. The number of carbonyl (C=O) groups is 1. The predicted octanol–water partition coefficient (Wildman–Crippen LogP) is 10.7. The number of aliphatic hydroxyl groups excluding tert-OH is 2. The van der Waals surface area contributed by atoms with Crippen LogP contribution in [0.3, 0.4) is 0 Å². The molecule has 1 heterocycles. The Morgan fingerprint density at radius 2 is 1.52 bits per heavy atom. The molecule has 66 heavy (non-hydrogen) atoms. The number of methoxy groups -OCH3 is 1. The van der Waals surface area contributed by atoms with Gasteiger partial charge in [0.2, 0.25) is 11.7 Å². The van der Waals surface area contributed by atoms with Crippen molar-refractivity contribution in [2.45, 2.75) is 75.7 Å². The minimum Gasteiger partial charge on any atom is -0.497 e. The molecule has 1 aliphatic heterocycles. The van der Waals surface area contributed by atoms with Crippen molar-refractivity contribution >= 4 is 11.6 Å². The van der Waals surface area contributed by atoms with Gasteiger partial charge in [-0.2, -0.15) is 0 Å². The number of allylic oxidation sites excluding steroid dienone is 1. The van der Waals surface area contributed by atoms with Gasteiger partial charge in [-0.05, 0) is 108 Å². The number of aliphatic hydroxyl groups is 2. The number of hydrogen-bond acceptors (Lipinski definition) is 9. The quantitative estimate of drug-likeness (QED) is 0.0425. The zero-order chi connectivity index (χ0) is 45.9. The Morgan fingerprint density at radius 1 is 0.818 bits per heavy atom. The van der Waals surface area contributed by atoms with Crippen LogP contribution in [0.1, 0.15) is 67.6 Å². The number of oxime groups is 1. The number of rotatable bonds is 21. The molecular weight excluding hydrogens is 829 g/mol. The molecule has 1 amide bonds. The number of hydrogen-bond donors (Lipinski definition) is 2. The fraction of sp³-hybridized carbons (Fsp3) is 0.357. The second-order valence-corrected chi connectivity index (χ2v) is 17.6. The molecule has 0 aromatic heterocycles. The van der Waals surface area contributed by atoms with Crippen molar-refractivity contribution in [3.63, 3.8) is 0 Å². The number of unbranched alkanes of at least 4 members (excludes halogenated alkanes) is 2. The molecule has 1 saturated carbocycles. The van der Waals surface area contributed by atoms with E-state index in [4.69, 9.17) is 28.9 Å². The van der Waals surface area contributed by atoms with Gasteiger partial charge in [-0.1, -0.05) is 115 Å². The van der Waals surface area contributed by atoms with Crippen LogP contribution >= 0.6 is 0 Å². The summed E-state index contributed by atoms with van der Waals surface area (Å²) < 4.78 is 26.6. The topological polar surface area (TPSA) is 119 Å². The summed E-state index contributed by atoms with van der Waals surface area (Å²) in [5, 5.41) is 25.0. The van der Waals surface area contributed by atoms with Crippen LogP contribution in [0.2, 0.25) is 0 Å². The lowest BCUT2D eigenvalue weighted by molar-refractivity contribution is -0.255. The lowest BCUT2D eigenvalue weighted by Crippen LogP contribution is -2.69. The summed E-state index contributed by atoms with van der Waals surface area (Å²) in [6, 6.07) is 41.3. The van der Waals surface area contributed by atoms with Gasteiger partial charge in [-0.3, -0.25) is 4.79 Å². The molecule has 5 aromatic carbocycles. The minimum absolute atomic E-state index is 0.0711. The highest BCUT2D eigenvalue weighted by Gasteiger charge is 2.65. The molecule has 344 valence electrons. The van der Waals surface area contributed by atoms with Crippen LogP contribution in [0.15, 0.2) is 157 Å². The van der Waals surface area contributed by atoms with E-state index >= 15 is 0 Å². The third kappa shape index (κ3) is 10.3. The maximum Gasteiger partial charge on any atom is 0.239 e. The Balaban J connectivity index is 1.26. The Labute approximate surface area is 389 Å². The minimum atomic E-state index is -1.37. The Kier molecular flexibility index (Phi) is 15.3. The predicted molar refractivity (Wildman–Crippen MR) is 258 cm³/mol. The summed E-state index contributed by atoms with van der Waals surface area (Å²) in [5.41, 5.74) is 6.74. The van der Waals surface area contributed by atoms with Crippen LogP contribution in [0.5, 0.6) is 23.0 Å². The van der Waals surface area contributed by atoms with E-state index in [1.54, 1.807) is 18.1 Å². The molecule has 0 saturated heterocycles. The molecule has 6 atom stereocenters. The first-order valence-corrected chi connectivity index (χ1v) is 23.3. The van der Waals surface area contributed by atoms with Gasteiger partial charge in [-0.15, -0.1) is 6.58 Å². The fourth-order valence-electron chi connectivity index (χ4n) is 10.3. The van der Waals surface area contributed by atoms with Crippen molar-refractivity contribution in [1.82, 2.24) is 4.90 Å². The third-order valence-corrected chi connectivity index (χ3v) is 13.4. The van der Waals surface area contributed by atoms with Gasteiger partial charge in [-0.25, -0.2) is 0 Å². The number of fused-ring (bicyclic) bond motifs is 2. The van der Waals surface area contributed by atoms with Crippen molar-refractivity contribution in [2.24, 2.45) is 22.9 Å². The van der Waals surface area contributed by atoms with Gasteiger partial charge >= 0.3 is 0 Å². The van der Waals surface area contributed by atoms with Crippen LogP contribution in [0, 0.1) is 17.8 Å². The molecule has 2 N–H and O–H groups in total. The fourth-order valence-corrected chi connectivity index (χ4v) is 10.3. The molecule has 5 aromatic rings. The monoisotopic (exact) mass is 890 g/mol. The van der Waals surface area contributed by atoms with Crippen LogP contribution < -0.4 is 14.2 Å². The third-order valence-electron chi connectivity index (χ3n) is 13.4. The van der Waals surface area contributed by atoms with E-state index in [-0.39, 0.29) is 56.5 Å². The summed E-state index contributed by atoms with van der Waals surface area (Å²) >= 11 is 0. The van der Waals surface area contributed by atoms with Gasteiger partial charge in [0, 0.05) is 38.2 Å². The molecule has 10 heteroatoms. The number of nitrogens with zero attached hydrogens (tertiary/aromatic N) is 2. The number of amides is 1. The van der Waals surface area contributed by atoms with Gasteiger partial charge in [0.1, 0.15) is 35.6 Å². The molecule has 0 radical (unpaired) electrons. The standard InChI is InChI=1S/C56H62N2O8/c1-4-32-63-56-52(58(2)53(61)34-40-18-15-22-45(33-40)62-3)37-50(57-64-38-39-16-7-5-8-17-39)48-35-43(21-11-13-30-59)47(23-12-14-31-60)54(55(48)56)49-36-46(28-29-51(49)66-56)65-44-26-24-42(25-27-44)41-19-9-6-10-20-41/h4-10,15-20,22,24-29,33,35-36,43,47,52,54-55,59-60H,1,11-14,21,23,30-32,34,37-38H2,2-3H3/t43-,47+,52-,54+,55+,56+/m0/s1. The summed E-state index contributed by atoms with van der Waals surface area (Å²) in [5.74, 6) is 0.768. The molecule has 10 nitrogen and oxygen atoms in total. The average molecular weight is 891 g/mol. The van der Waals surface area contributed by atoms with Crippen LogP contribution in [-0.4, -0.2) is 72.5 Å². The Morgan fingerprint density at radius 3 is 2.24 bits per heavy atom. The van der Waals surface area contributed by atoms with Crippen molar-refractivity contribution in [3.05, 3.63) is 168 Å². The first-order chi connectivity index (χ1) is 32.3. The van der Waals surface area contributed by atoms with E-state index in [0.717, 1.165) is 64.8 Å². The smallest absolute Gasteiger partial charge is 0.239 e. The van der Waals surface area contributed by atoms with Crippen molar-refractivity contribution in [1.29, 1.82) is 0 Å². The Bertz CT molecular complexity index is 2460. The maximum absolute atomic E-state index is 14.7. The highest BCUT2D eigenvalue weighted by molar-refractivity contribution is 6.03. The molecule has 3 aliphatic rings. The second kappa shape index (κ2) is 21.9. The first-order valence-electron chi connectivity index (χ1n) is 23.3. The van der Waals surface area contributed by atoms with Gasteiger partial charge in [0.15, 0.2) is 0 Å². The van der Waals surface area contributed by atoms with Crippen molar-refractivity contribution in [2.75, 3.05) is 34.0 Å². The highest BCUT2D eigenvalue weighted by atomic mass is 16.7. The van der Waals surface area contributed by atoms with E-state index in [9.17, 15) is 15.0 Å². The second-order valence-electron chi connectivity index (χ2n) is 17.6. The van der Waals surface area contributed by atoms with Crippen LogP contribution in [-0.2, 0) is 27.4 Å². The normalized spacial score (nSPS) is 22.3. The molecule has 0 unspecified atom stereocenters. The number of benzene rings is 5. The lowest BCUT2D eigenvalue weighted by Gasteiger charge is -2.59. The number of carbonyl (C=O) groups excluding carboxylic acids is 1. The van der Waals surface area contributed by atoms with Crippen molar-refractivity contribution in [3.8, 4) is 34.1 Å². The number of likely N-dealkylation sites (N-methyl/N-ethyl adjacent to an activating group) is 1. The van der Waals surface area contributed by atoms with Gasteiger partial charge in [0.25, 0.3) is 0 Å². The highest BCUT2D eigenvalue weighted by Crippen LogP contribution is 2.62. The van der Waals surface area contributed by atoms with E-state index < -0.39 is 17.7 Å². The summed E-state index contributed by atoms with van der Waals surface area (Å²) in [4.78, 5) is 22.7. The summed E-state index contributed by atoms with van der Waals surface area (Å²) in [7, 11) is 3.45. The van der Waals surface area contributed by atoms with E-state index in [2.05, 4.69) is 43.0 Å². The molecular formula is C56H62N2O8. The molecule has 0 bridgehead atoms. The van der Waals surface area contributed by atoms with Crippen molar-refractivity contribution < 1.29 is 38.8 Å². The van der Waals surface area contributed by atoms with Gasteiger partial charge in [0.05, 0.1) is 31.8 Å². The largest absolute Gasteiger partial charge is 0.497 e. The van der Waals surface area contributed by atoms with E-state index in [1.165, 1.54) is 0 Å². The van der Waals surface area contributed by atoms with Crippen LogP contribution in [0.25, 0.3) is 11.1 Å². The summed E-state index contributed by atoms with van der Waals surface area (Å²) in [6.45, 7) is 4.72. The molecule has 0 spiro atoms. The average Bonchev–Trinajstić information content (AvgIpc) is 3.35. The molecule has 8 rings (SSSR count). The van der Waals surface area contributed by atoms with E-state index in [0.29, 0.717) is 42.3 Å². The summed E-state index contributed by atoms with van der Waals surface area (Å²) in [6.07, 6.45) is 9.20.